The second kappa shape index (κ2) is 8.56. The number of esters is 1. The minimum Gasteiger partial charge on any atom is -0.452 e. The topological polar surface area (TPSA) is 119 Å². The first-order chi connectivity index (χ1) is 12.7. The van der Waals surface area contributed by atoms with Crippen LogP contribution in [0, 0.1) is 0 Å². The van der Waals surface area contributed by atoms with Crippen LogP contribution in [-0.2, 0) is 19.6 Å². The molecule has 2 rings (SSSR count). The number of rotatable bonds is 7. The van der Waals surface area contributed by atoms with Crippen molar-refractivity contribution in [2.75, 3.05) is 19.0 Å². The molecule has 2 N–H and O–H groups in total. The molecular weight excluding hydrogens is 372 g/mol. The van der Waals surface area contributed by atoms with Crippen LogP contribution in [0.25, 0.3) is 0 Å². The maximum atomic E-state index is 12.0. The SMILES string of the molecule is CNS(=O)(=O)c1cccc(C(=O)OCC(=O)Nc2ccc(C(C)=O)cc2)c1. The summed E-state index contributed by atoms with van der Waals surface area (Å²) >= 11 is 0. The van der Waals surface area contributed by atoms with Crippen molar-refractivity contribution in [3.8, 4) is 0 Å². The van der Waals surface area contributed by atoms with Gasteiger partial charge >= 0.3 is 5.97 Å². The maximum absolute atomic E-state index is 12.0. The van der Waals surface area contributed by atoms with Gasteiger partial charge in [0.1, 0.15) is 0 Å². The lowest BCUT2D eigenvalue weighted by molar-refractivity contribution is -0.119. The van der Waals surface area contributed by atoms with Crippen LogP contribution >= 0.6 is 0 Å². The number of carbonyl (C=O) groups is 3. The molecule has 0 aromatic heterocycles. The van der Waals surface area contributed by atoms with Crippen molar-refractivity contribution >= 4 is 33.4 Å². The molecule has 2 aromatic carbocycles. The molecule has 0 saturated carbocycles. The molecule has 9 heteroatoms. The third-order valence-electron chi connectivity index (χ3n) is 3.56. The molecule has 0 spiro atoms. The Labute approximate surface area is 156 Å². The quantitative estimate of drug-likeness (QED) is 0.547. The van der Waals surface area contributed by atoms with E-state index in [2.05, 4.69) is 10.0 Å². The molecule has 0 fully saturated rings. The Morgan fingerprint density at radius 3 is 2.26 bits per heavy atom. The summed E-state index contributed by atoms with van der Waals surface area (Å²) in [6.45, 7) is 0.889. The van der Waals surface area contributed by atoms with Crippen molar-refractivity contribution in [2.45, 2.75) is 11.8 Å². The van der Waals surface area contributed by atoms with E-state index in [9.17, 15) is 22.8 Å². The predicted molar refractivity (Wildman–Crippen MR) is 98.0 cm³/mol. The molecule has 0 saturated heterocycles. The Hall–Kier alpha value is -3.04. The Balaban J connectivity index is 1.96. The van der Waals surface area contributed by atoms with E-state index < -0.39 is 28.5 Å². The summed E-state index contributed by atoms with van der Waals surface area (Å²) in [5.41, 5.74) is 0.962. The molecule has 142 valence electrons. The van der Waals surface area contributed by atoms with Gasteiger partial charge in [-0.25, -0.2) is 17.9 Å². The number of carbonyl (C=O) groups excluding carboxylic acids is 3. The summed E-state index contributed by atoms with van der Waals surface area (Å²) in [5.74, 6) is -1.49. The summed E-state index contributed by atoms with van der Waals surface area (Å²) in [7, 11) is -2.44. The first kappa shape index (κ1) is 20.3. The van der Waals surface area contributed by atoms with Crippen LogP contribution in [0.15, 0.2) is 53.4 Å². The summed E-state index contributed by atoms with van der Waals surface area (Å²) in [6, 6.07) is 11.5. The highest BCUT2D eigenvalue weighted by Crippen LogP contribution is 2.13. The third-order valence-corrected chi connectivity index (χ3v) is 4.97. The number of sulfonamides is 1. The van der Waals surface area contributed by atoms with Gasteiger partial charge in [0.15, 0.2) is 12.4 Å². The summed E-state index contributed by atoms with van der Waals surface area (Å²) < 4.78 is 30.6. The minimum absolute atomic E-state index is 0.00457. The second-order valence-corrected chi connectivity index (χ2v) is 7.38. The van der Waals surface area contributed by atoms with Crippen molar-refractivity contribution < 1.29 is 27.5 Å². The maximum Gasteiger partial charge on any atom is 0.338 e. The van der Waals surface area contributed by atoms with E-state index in [0.29, 0.717) is 11.3 Å². The van der Waals surface area contributed by atoms with Crippen LogP contribution in [0.1, 0.15) is 27.6 Å². The average Bonchev–Trinajstić information content (AvgIpc) is 2.66. The fourth-order valence-electron chi connectivity index (χ4n) is 2.11. The Morgan fingerprint density at radius 1 is 1.00 bits per heavy atom. The molecule has 0 heterocycles. The lowest BCUT2D eigenvalue weighted by Gasteiger charge is -2.08. The van der Waals surface area contributed by atoms with Gasteiger partial charge in [0.25, 0.3) is 5.91 Å². The van der Waals surface area contributed by atoms with Crippen molar-refractivity contribution in [3.05, 3.63) is 59.7 Å². The standard InChI is InChI=1S/C18H18N2O6S/c1-12(21)13-6-8-15(9-7-13)20-17(22)11-26-18(23)14-4-3-5-16(10-14)27(24,25)19-2/h3-10,19H,11H2,1-2H3,(H,20,22). The Morgan fingerprint density at radius 2 is 1.67 bits per heavy atom. The highest BCUT2D eigenvalue weighted by atomic mass is 32.2. The van der Waals surface area contributed by atoms with Crippen LogP contribution in [0.3, 0.4) is 0 Å². The largest absolute Gasteiger partial charge is 0.452 e. The van der Waals surface area contributed by atoms with Crippen molar-refractivity contribution in [3.63, 3.8) is 0 Å². The average molecular weight is 390 g/mol. The molecule has 0 bridgehead atoms. The van der Waals surface area contributed by atoms with E-state index in [1.807, 2.05) is 0 Å². The number of ketones is 1. The van der Waals surface area contributed by atoms with Gasteiger partial charge in [0, 0.05) is 11.3 Å². The molecule has 0 aliphatic heterocycles. The number of amides is 1. The van der Waals surface area contributed by atoms with E-state index in [1.165, 1.54) is 32.2 Å². The highest BCUT2D eigenvalue weighted by Gasteiger charge is 2.16. The second-order valence-electron chi connectivity index (χ2n) is 5.49. The van der Waals surface area contributed by atoms with E-state index in [4.69, 9.17) is 4.74 Å². The van der Waals surface area contributed by atoms with Gasteiger partial charge in [-0.1, -0.05) is 6.07 Å². The number of anilines is 1. The number of hydrogen-bond donors (Lipinski definition) is 2. The van der Waals surface area contributed by atoms with Crippen LogP contribution in [0.4, 0.5) is 5.69 Å². The molecule has 0 unspecified atom stereocenters. The number of ether oxygens (including phenoxy) is 1. The van der Waals surface area contributed by atoms with Crippen molar-refractivity contribution in [1.29, 1.82) is 0 Å². The van der Waals surface area contributed by atoms with Gasteiger partial charge in [-0.2, -0.15) is 0 Å². The number of Topliss-reactive ketones (excluding diaryl/α,β-unsaturated/α-hetero) is 1. The zero-order valence-corrected chi connectivity index (χ0v) is 15.5. The molecule has 0 aliphatic rings. The minimum atomic E-state index is -3.70. The molecule has 0 atom stereocenters. The highest BCUT2D eigenvalue weighted by molar-refractivity contribution is 7.89. The van der Waals surface area contributed by atoms with Crippen molar-refractivity contribution in [2.24, 2.45) is 0 Å². The van der Waals surface area contributed by atoms with E-state index in [0.717, 1.165) is 6.07 Å². The molecule has 27 heavy (non-hydrogen) atoms. The van der Waals surface area contributed by atoms with E-state index in [1.54, 1.807) is 24.3 Å². The molecule has 8 nitrogen and oxygen atoms in total. The normalized spacial score (nSPS) is 10.9. The van der Waals surface area contributed by atoms with E-state index in [-0.39, 0.29) is 16.2 Å². The molecule has 2 aromatic rings. The zero-order chi connectivity index (χ0) is 20.0. The first-order valence-corrected chi connectivity index (χ1v) is 9.33. The number of nitrogens with one attached hydrogen (secondary N) is 2. The predicted octanol–water partition coefficient (Wildman–Crippen LogP) is 1.59. The fourth-order valence-corrected chi connectivity index (χ4v) is 2.88. The first-order valence-electron chi connectivity index (χ1n) is 7.84. The lowest BCUT2D eigenvalue weighted by Crippen LogP contribution is -2.21. The Kier molecular flexibility index (Phi) is 6.43. The van der Waals surface area contributed by atoms with Gasteiger partial charge in [-0.15, -0.1) is 0 Å². The monoisotopic (exact) mass is 390 g/mol. The van der Waals surface area contributed by atoms with Crippen LogP contribution in [0.2, 0.25) is 0 Å². The van der Waals surface area contributed by atoms with E-state index >= 15 is 0 Å². The molecular formula is C18H18N2O6S. The summed E-state index contributed by atoms with van der Waals surface area (Å²) in [4.78, 5) is 35.0. The smallest absolute Gasteiger partial charge is 0.338 e. The van der Waals surface area contributed by atoms with Gasteiger partial charge in [0.05, 0.1) is 10.5 Å². The van der Waals surface area contributed by atoms with Gasteiger partial charge < -0.3 is 10.1 Å². The van der Waals surface area contributed by atoms with Crippen LogP contribution in [-0.4, -0.2) is 39.7 Å². The van der Waals surface area contributed by atoms with Gasteiger partial charge in [-0.3, -0.25) is 9.59 Å². The van der Waals surface area contributed by atoms with Crippen LogP contribution in [0.5, 0.6) is 0 Å². The lowest BCUT2D eigenvalue weighted by atomic mass is 10.1. The summed E-state index contributed by atoms with van der Waals surface area (Å²) in [6.07, 6.45) is 0. The Bertz CT molecular complexity index is 968. The van der Waals surface area contributed by atoms with Crippen molar-refractivity contribution in [1.82, 2.24) is 4.72 Å². The number of benzene rings is 2. The third kappa shape index (κ3) is 5.47. The fraction of sp³-hybridized carbons (Fsp3) is 0.167. The summed E-state index contributed by atoms with van der Waals surface area (Å²) in [5, 5.41) is 2.53. The molecule has 1 amide bonds. The number of hydrogen-bond acceptors (Lipinski definition) is 6. The zero-order valence-electron chi connectivity index (χ0n) is 14.7. The van der Waals surface area contributed by atoms with Gasteiger partial charge in [-0.05, 0) is 56.4 Å². The van der Waals surface area contributed by atoms with Gasteiger partial charge in [0.2, 0.25) is 10.0 Å². The molecule has 0 aliphatic carbocycles. The molecule has 0 radical (unpaired) electrons. The van der Waals surface area contributed by atoms with Crippen LogP contribution < -0.4 is 10.0 Å².